The average molecular weight is 286 g/mol. The number of rotatable bonds is 7. The molecule has 0 fully saturated rings. The van der Waals surface area contributed by atoms with Gasteiger partial charge in [0.2, 0.25) is 0 Å². The smallest absolute Gasteiger partial charge is 0.322 e. The molecule has 1 heterocycles. The fourth-order valence-electron chi connectivity index (χ4n) is 2.36. The van der Waals surface area contributed by atoms with E-state index in [1.165, 1.54) is 12.5 Å². The quantitative estimate of drug-likeness (QED) is 0.628. The molecule has 0 saturated carbocycles. The van der Waals surface area contributed by atoms with Gasteiger partial charge in [0, 0.05) is 11.1 Å². The molecule has 2 N–H and O–H groups in total. The molecule has 1 aromatic carbocycles. The van der Waals surface area contributed by atoms with Crippen molar-refractivity contribution in [3.63, 3.8) is 0 Å². The number of hydrogen-bond donors (Lipinski definition) is 1. The fourth-order valence-corrected chi connectivity index (χ4v) is 2.36. The van der Waals surface area contributed by atoms with Gasteiger partial charge < -0.3 is 10.5 Å². The normalized spacial score (nSPS) is 12.3. The number of carbonyl (C=O) groups excluding carboxylic acids is 1. The van der Waals surface area contributed by atoms with E-state index in [9.17, 15) is 4.79 Å². The molecule has 0 spiro atoms. The first-order valence-electron chi connectivity index (χ1n) is 7.39. The number of hydrogen-bond acceptors (Lipinski definition) is 4. The average Bonchev–Trinajstić information content (AvgIpc) is 2.53. The van der Waals surface area contributed by atoms with Crippen molar-refractivity contribution in [1.82, 2.24) is 4.98 Å². The molecule has 2 rings (SSSR count). The summed E-state index contributed by atoms with van der Waals surface area (Å²) in [5.41, 5.74) is 7.86. The zero-order valence-corrected chi connectivity index (χ0v) is 12.4. The van der Waals surface area contributed by atoms with E-state index in [1.807, 2.05) is 18.2 Å². The maximum Gasteiger partial charge on any atom is 0.322 e. The van der Waals surface area contributed by atoms with Gasteiger partial charge in [0.15, 0.2) is 0 Å². The Morgan fingerprint density at radius 3 is 2.81 bits per heavy atom. The number of aromatic nitrogens is 1. The van der Waals surface area contributed by atoms with Crippen LogP contribution in [0.3, 0.4) is 0 Å². The Morgan fingerprint density at radius 2 is 2.00 bits per heavy atom. The number of nitrogens with two attached hydrogens (primary N) is 1. The summed E-state index contributed by atoms with van der Waals surface area (Å²) in [5, 5.41) is 1.17. The Kier molecular flexibility index (Phi) is 5.69. The van der Waals surface area contributed by atoms with E-state index < -0.39 is 6.04 Å². The Morgan fingerprint density at radius 1 is 1.19 bits per heavy atom. The number of carbonyl (C=O) groups is 1. The lowest BCUT2D eigenvalue weighted by Gasteiger charge is -2.08. The summed E-state index contributed by atoms with van der Waals surface area (Å²) >= 11 is 0. The molecule has 0 bridgehead atoms. The van der Waals surface area contributed by atoms with Gasteiger partial charge in [0.1, 0.15) is 6.04 Å². The lowest BCUT2D eigenvalue weighted by molar-refractivity contribution is -0.142. The lowest BCUT2D eigenvalue weighted by Crippen LogP contribution is -2.31. The number of unbranched alkanes of at least 4 members (excludes halogenated alkanes) is 2. The van der Waals surface area contributed by atoms with E-state index in [-0.39, 0.29) is 5.97 Å². The molecule has 112 valence electrons. The number of ether oxygens (including phenoxy) is 1. The van der Waals surface area contributed by atoms with Crippen molar-refractivity contribution in [2.45, 2.75) is 38.1 Å². The van der Waals surface area contributed by atoms with Crippen LogP contribution in [-0.2, 0) is 16.0 Å². The fraction of sp³-hybridized carbons (Fsp3) is 0.412. The summed E-state index contributed by atoms with van der Waals surface area (Å²) in [6.07, 6.45) is 4.67. The number of fused-ring (bicyclic) bond motifs is 1. The second-order valence-corrected chi connectivity index (χ2v) is 5.22. The third-order valence-electron chi connectivity index (χ3n) is 3.61. The van der Waals surface area contributed by atoms with E-state index in [0.717, 1.165) is 36.9 Å². The van der Waals surface area contributed by atoms with Crippen molar-refractivity contribution in [3.8, 4) is 0 Å². The zero-order valence-electron chi connectivity index (χ0n) is 12.4. The highest BCUT2D eigenvalue weighted by atomic mass is 16.5. The molecular formula is C17H22N2O2. The number of benzene rings is 1. The van der Waals surface area contributed by atoms with Crippen molar-refractivity contribution in [2.75, 3.05) is 7.11 Å². The molecule has 0 radical (unpaired) electrons. The minimum absolute atomic E-state index is 0.328. The molecule has 0 aliphatic heterocycles. The van der Waals surface area contributed by atoms with Crippen LogP contribution in [0.2, 0.25) is 0 Å². The maximum atomic E-state index is 11.2. The summed E-state index contributed by atoms with van der Waals surface area (Å²) in [6.45, 7) is 0. The maximum absolute atomic E-state index is 11.2. The Labute approximate surface area is 125 Å². The van der Waals surface area contributed by atoms with Crippen LogP contribution in [0.15, 0.2) is 36.4 Å². The van der Waals surface area contributed by atoms with Crippen LogP contribution in [0, 0.1) is 0 Å². The summed E-state index contributed by atoms with van der Waals surface area (Å²) in [6, 6.07) is 11.8. The molecule has 1 atom stereocenters. The van der Waals surface area contributed by atoms with Crippen molar-refractivity contribution in [3.05, 3.63) is 42.1 Å². The number of aryl methyl sites for hydroxylation is 1. The van der Waals surface area contributed by atoms with E-state index in [2.05, 4.69) is 27.9 Å². The summed E-state index contributed by atoms with van der Waals surface area (Å²) < 4.78 is 4.61. The van der Waals surface area contributed by atoms with E-state index in [4.69, 9.17) is 5.73 Å². The van der Waals surface area contributed by atoms with E-state index in [1.54, 1.807) is 0 Å². The van der Waals surface area contributed by atoms with Crippen LogP contribution in [0.4, 0.5) is 0 Å². The Hall–Kier alpha value is -1.94. The van der Waals surface area contributed by atoms with E-state index in [0.29, 0.717) is 6.42 Å². The molecule has 21 heavy (non-hydrogen) atoms. The van der Waals surface area contributed by atoms with E-state index >= 15 is 0 Å². The molecule has 1 unspecified atom stereocenters. The number of pyridine rings is 1. The van der Waals surface area contributed by atoms with Gasteiger partial charge in [-0.3, -0.25) is 9.78 Å². The highest BCUT2D eigenvalue weighted by Crippen LogP contribution is 2.14. The second kappa shape index (κ2) is 7.74. The van der Waals surface area contributed by atoms with Crippen LogP contribution in [0.1, 0.15) is 31.4 Å². The molecule has 0 saturated heterocycles. The predicted molar refractivity (Wildman–Crippen MR) is 83.9 cm³/mol. The highest BCUT2D eigenvalue weighted by molar-refractivity contribution is 5.78. The predicted octanol–water partition coefficient (Wildman–Crippen LogP) is 2.84. The van der Waals surface area contributed by atoms with Crippen LogP contribution in [0.25, 0.3) is 10.9 Å². The van der Waals surface area contributed by atoms with Crippen LogP contribution < -0.4 is 5.73 Å². The summed E-state index contributed by atoms with van der Waals surface area (Å²) in [4.78, 5) is 15.8. The van der Waals surface area contributed by atoms with Crippen LogP contribution in [0.5, 0.6) is 0 Å². The minimum Gasteiger partial charge on any atom is -0.468 e. The third kappa shape index (κ3) is 4.53. The highest BCUT2D eigenvalue weighted by Gasteiger charge is 2.12. The van der Waals surface area contributed by atoms with Gasteiger partial charge in [-0.05, 0) is 31.4 Å². The number of para-hydroxylation sites is 1. The SMILES string of the molecule is COC(=O)C(N)CCCCCc1ccc2ccccc2n1. The molecule has 4 nitrogen and oxygen atoms in total. The monoisotopic (exact) mass is 286 g/mol. The summed E-state index contributed by atoms with van der Waals surface area (Å²) in [7, 11) is 1.37. The van der Waals surface area contributed by atoms with Crippen molar-refractivity contribution < 1.29 is 9.53 Å². The third-order valence-corrected chi connectivity index (χ3v) is 3.61. The van der Waals surface area contributed by atoms with Gasteiger partial charge in [-0.2, -0.15) is 0 Å². The first kappa shape index (κ1) is 15.4. The molecule has 2 aromatic rings. The first-order chi connectivity index (χ1) is 10.2. The minimum atomic E-state index is -0.492. The topological polar surface area (TPSA) is 65.2 Å². The van der Waals surface area contributed by atoms with Gasteiger partial charge in [-0.15, -0.1) is 0 Å². The van der Waals surface area contributed by atoms with Crippen LogP contribution >= 0.6 is 0 Å². The molecule has 4 heteroatoms. The van der Waals surface area contributed by atoms with Gasteiger partial charge in [-0.25, -0.2) is 0 Å². The number of methoxy groups -OCH3 is 1. The Balaban J connectivity index is 1.74. The van der Waals surface area contributed by atoms with Gasteiger partial charge >= 0.3 is 5.97 Å². The van der Waals surface area contributed by atoms with Crippen molar-refractivity contribution in [2.24, 2.45) is 5.73 Å². The number of nitrogens with zero attached hydrogens (tertiary/aromatic N) is 1. The zero-order chi connectivity index (χ0) is 15.1. The lowest BCUT2D eigenvalue weighted by atomic mass is 10.1. The molecular weight excluding hydrogens is 264 g/mol. The van der Waals surface area contributed by atoms with Gasteiger partial charge in [0.05, 0.1) is 12.6 Å². The second-order valence-electron chi connectivity index (χ2n) is 5.22. The molecule has 0 aliphatic rings. The first-order valence-corrected chi connectivity index (χ1v) is 7.39. The molecule has 0 aliphatic carbocycles. The summed E-state index contributed by atoms with van der Waals surface area (Å²) in [5.74, 6) is -0.328. The van der Waals surface area contributed by atoms with Gasteiger partial charge in [0.25, 0.3) is 0 Å². The van der Waals surface area contributed by atoms with Crippen LogP contribution in [-0.4, -0.2) is 24.1 Å². The standard InChI is InChI=1S/C17H22N2O2/c1-21-17(20)15(18)9-4-2-3-8-14-12-11-13-7-5-6-10-16(13)19-14/h5-7,10-12,15H,2-4,8-9,18H2,1H3. The van der Waals surface area contributed by atoms with Gasteiger partial charge in [-0.1, -0.05) is 37.1 Å². The largest absolute Gasteiger partial charge is 0.468 e. The molecule has 1 aromatic heterocycles. The van der Waals surface area contributed by atoms with Crippen molar-refractivity contribution in [1.29, 1.82) is 0 Å². The van der Waals surface area contributed by atoms with Crippen molar-refractivity contribution >= 4 is 16.9 Å². The number of esters is 1. The Bertz CT molecular complexity index is 598. The molecule has 0 amide bonds.